The summed E-state index contributed by atoms with van der Waals surface area (Å²) < 4.78 is 13.6. The fraction of sp³-hybridized carbons (Fsp3) is 0.500. The zero-order valence-electron chi connectivity index (χ0n) is 13.9. The van der Waals surface area contributed by atoms with Crippen LogP contribution in [0.15, 0.2) is 18.2 Å². The zero-order valence-corrected chi connectivity index (χ0v) is 15.4. The molecule has 6 nitrogen and oxygen atoms in total. The van der Waals surface area contributed by atoms with Crippen molar-refractivity contribution in [2.45, 2.75) is 18.9 Å². The number of carbonyl (C=O) groups is 2. The first kappa shape index (κ1) is 21.6. The standard InChI is InChI=1S/C16H21ClFN3O3.ClH/c1-20(10-16(23)24)12-4-6-21(7-5-12)9-15(22)19-14-8-11(17)2-3-13(14)18;/h2-3,8,12H,4-7,9-10H2,1H3,(H,19,22)(H,23,24);1H. The fourth-order valence-electron chi connectivity index (χ4n) is 2.85. The van der Waals surface area contributed by atoms with Gasteiger partial charge in [-0.05, 0) is 38.1 Å². The SMILES string of the molecule is CN(CC(=O)O)C1CCN(CC(=O)Nc2cc(Cl)ccc2F)CC1.Cl. The summed E-state index contributed by atoms with van der Waals surface area (Å²) in [5.74, 6) is -1.67. The minimum Gasteiger partial charge on any atom is -0.480 e. The van der Waals surface area contributed by atoms with Gasteiger partial charge in [0, 0.05) is 24.2 Å². The maximum atomic E-state index is 13.6. The van der Waals surface area contributed by atoms with E-state index in [-0.39, 0.29) is 43.1 Å². The van der Waals surface area contributed by atoms with E-state index in [0.717, 1.165) is 12.8 Å². The van der Waals surface area contributed by atoms with Gasteiger partial charge in [0.15, 0.2) is 0 Å². The summed E-state index contributed by atoms with van der Waals surface area (Å²) in [7, 11) is 1.79. The van der Waals surface area contributed by atoms with Crippen molar-refractivity contribution in [3.05, 3.63) is 29.0 Å². The monoisotopic (exact) mass is 393 g/mol. The molecule has 25 heavy (non-hydrogen) atoms. The first-order valence-corrected chi connectivity index (χ1v) is 8.12. The smallest absolute Gasteiger partial charge is 0.317 e. The first-order chi connectivity index (χ1) is 11.3. The molecule has 1 aliphatic heterocycles. The number of carboxylic acids is 1. The van der Waals surface area contributed by atoms with Crippen molar-refractivity contribution in [1.29, 1.82) is 0 Å². The van der Waals surface area contributed by atoms with Gasteiger partial charge >= 0.3 is 5.97 Å². The third-order valence-electron chi connectivity index (χ3n) is 4.13. The molecule has 0 atom stereocenters. The minimum absolute atomic E-state index is 0. The van der Waals surface area contributed by atoms with E-state index in [1.807, 2.05) is 9.80 Å². The quantitative estimate of drug-likeness (QED) is 0.775. The summed E-state index contributed by atoms with van der Waals surface area (Å²) in [6, 6.07) is 4.21. The Labute approximate surface area is 157 Å². The highest BCUT2D eigenvalue weighted by atomic mass is 35.5. The Kier molecular flexibility index (Phi) is 8.58. The van der Waals surface area contributed by atoms with Crippen LogP contribution in [-0.4, -0.2) is 66.1 Å². The van der Waals surface area contributed by atoms with Crippen molar-refractivity contribution in [3.63, 3.8) is 0 Å². The number of anilines is 1. The van der Waals surface area contributed by atoms with Crippen molar-refractivity contribution >= 4 is 41.6 Å². The predicted octanol–water partition coefficient (Wildman–Crippen LogP) is 2.32. The second-order valence-electron chi connectivity index (χ2n) is 5.99. The van der Waals surface area contributed by atoms with Crippen LogP contribution in [-0.2, 0) is 9.59 Å². The second kappa shape index (κ2) is 9.91. The Hall–Kier alpha value is -1.41. The molecule has 0 bridgehead atoms. The van der Waals surface area contributed by atoms with Gasteiger partial charge in [0.05, 0.1) is 18.8 Å². The molecule has 1 aliphatic rings. The zero-order chi connectivity index (χ0) is 17.7. The van der Waals surface area contributed by atoms with Crippen LogP contribution in [0.1, 0.15) is 12.8 Å². The molecule has 1 fully saturated rings. The van der Waals surface area contributed by atoms with Gasteiger partial charge in [0.25, 0.3) is 0 Å². The summed E-state index contributed by atoms with van der Waals surface area (Å²) in [4.78, 5) is 26.6. The molecule has 0 unspecified atom stereocenters. The van der Waals surface area contributed by atoms with Crippen LogP contribution in [0.4, 0.5) is 10.1 Å². The lowest BCUT2D eigenvalue weighted by Crippen LogP contribution is -2.46. The van der Waals surface area contributed by atoms with Crippen LogP contribution >= 0.6 is 24.0 Å². The second-order valence-corrected chi connectivity index (χ2v) is 6.42. The molecule has 9 heteroatoms. The lowest BCUT2D eigenvalue weighted by Gasteiger charge is -2.35. The van der Waals surface area contributed by atoms with Gasteiger partial charge < -0.3 is 10.4 Å². The molecule has 0 radical (unpaired) electrons. The van der Waals surface area contributed by atoms with Crippen LogP contribution in [0.5, 0.6) is 0 Å². The Bertz CT molecular complexity index is 610. The Morgan fingerprint density at radius 2 is 2.04 bits per heavy atom. The maximum Gasteiger partial charge on any atom is 0.317 e. The number of amides is 1. The van der Waals surface area contributed by atoms with Gasteiger partial charge in [-0.15, -0.1) is 12.4 Å². The topological polar surface area (TPSA) is 72.9 Å². The number of carboxylic acid groups (broad SMARTS) is 1. The number of rotatable bonds is 6. The number of likely N-dealkylation sites (tertiary alicyclic amines) is 1. The van der Waals surface area contributed by atoms with Gasteiger partial charge in [-0.3, -0.25) is 19.4 Å². The number of nitrogens with zero attached hydrogens (tertiary/aromatic N) is 2. The lowest BCUT2D eigenvalue weighted by atomic mass is 10.0. The summed E-state index contributed by atoms with van der Waals surface area (Å²) >= 11 is 5.80. The van der Waals surface area contributed by atoms with E-state index in [2.05, 4.69) is 5.32 Å². The molecule has 2 rings (SSSR count). The number of likely N-dealkylation sites (N-methyl/N-ethyl adjacent to an activating group) is 1. The van der Waals surface area contributed by atoms with Gasteiger partial charge in [-0.25, -0.2) is 4.39 Å². The van der Waals surface area contributed by atoms with Crippen LogP contribution in [0.25, 0.3) is 0 Å². The predicted molar refractivity (Wildman–Crippen MR) is 97.0 cm³/mol. The number of nitrogens with one attached hydrogen (secondary N) is 1. The van der Waals surface area contributed by atoms with Crippen molar-refractivity contribution < 1.29 is 19.1 Å². The average Bonchev–Trinajstić information content (AvgIpc) is 2.51. The van der Waals surface area contributed by atoms with Gasteiger partial charge in [-0.1, -0.05) is 11.6 Å². The molecule has 1 saturated heterocycles. The molecule has 0 aliphatic carbocycles. The summed E-state index contributed by atoms with van der Waals surface area (Å²) in [5.41, 5.74) is 0.0728. The number of aliphatic carboxylic acids is 1. The van der Waals surface area contributed by atoms with E-state index >= 15 is 0 Å². The maximum absolute atomic E-state index is 13.6. The normalized spacial score (nSPS) is 15.7. The Morgan fingerprint density at radius 1 is 1.40 bits per heavy atom. The molecular formula is C16H22Cl2FN3O3. The molecule has 1 amide bonds. The van der Waals surface area contributed by atoms with E-state index in [4.69, 9.17) is 16.7 Å². The molecule has 1 aromatic carbocycles. The number of hydrogen-bond donors (Lipinski definition) is 2. The van der Waals surface area contributed by atoms with Crippen LogP contribution in [0.3, 0.4) is 0 Å². The van der Waals surface area contributed by atoms with Crippen molar-refractivity contribution in [3.8, 4) is 0 Å². The van der Waals surface area contributed by atoms with Gasteiger partial charge in [0.2, 0.25) is 5.91 Å². The highest BCUT2D eigenvalue weighted by molar-refractivity contribution is 6.30. The summed E-state index contributed by atoms with van der Waals surface area (Å²) in [5, 5.41) is 11.7. The molecule has 0 aromatic heterocycles. The third kappa shape index (κ3) is 6.78. The number of halogens is 3. The highest BCUT2D eigenvalue weighted by Gasteiger charge is 2.24. The molecule has 140 valence electrons. The van der Waals surface area contributed by atoms with Gasteiger partial charge in [0.1, 0.15) is 5.82 Å². The minimum atomic E-state index is -0.845. The lowest BCUT2D eigenvalue weighted by molar-refractivity contribution is -0.138. The van der Waals surface area contributed by atoms with Crippen molar-refractivity contribution in [2.24, 2.45) is 0 Å². The highest BCUT2D eigenvalue weighted by Crippen LogP contribution is 2.20. The molecule has 1 aromatic rings. The van der Waals surface area contributed by atoms with Gasteiger partial charge in [-0.2, -0.15) is 0 Å². The summed E-state index contributed by atoms with van der Waals surface area (Å²) in [6.45, 7) is 1.57. The Balaban J connectivity index is 0.00000312. The third-order valence-corrected chi connectivity index (χ3v) is 4.37. The number of benzene rings is 1. The number of carbonyl (C=O) groups excluding carboxylic acids is 1. The fourth-order valence-corrected chi connectivity index (χ4v) is 3.02. The van der Waals surface area contributed by atoms with Crippen LogP contribution in [0, 0.1) is 5.82 Å². The first-order valence-electron chi connectivity index (χ1n) is 7.74. The summed E-state index contributed by atoms with van der Waals surface area (Å²) in [6.07, 6.45) is 1.59. The molecule has 1 heterocycles. The molecule has 2 N–H and O–H groups in total. The molecule has 0 spiro atoms. The van der Waals surface area contributed by atoms with E-state index in [0.29, 0.717) is 18.1 Å². The average molecular weight is 394 g/mol. The van der Waals surface area contributed by atoms with E-state index in [1.165, 1.54) is 18.2 Å². The van der Waals surface area contributed by atoms with E-state index in [1.54, 1.807) is 7.05 Å². The van der Waals surface area contributed by atoms with E-state index in [9.17, 15) is 14.0 Å². The van der Waals surface area contributed by atoms with E-state index < -0.39 is 11.8 Å². The van der Waals surface area contributed by atoms with Crippen LogP contribution in [0.2, 0.25) is 5.02 Å². The van der Waals surface area contributed by atoms with Crippen molar-refractivity contribution in [1.82, 2.24) is 9.80 Å². The molecular weight excluding hydrogens is 372 g/mol. The number of hydrogen-bond acceptors (Lipinski definition) is 4. The van der Waals surface area contributed by atoms with Crippen molar-refractivity contribution in [2.75, 3.05) is 38.5 Å². The largest absolute Gasteiger partial charge is 0.480 e. The number of piperidine rings is 1. The Morgan fingerprint density at radius 3 is 2.64 bits per heavy atom. The van der Waals surface area contributed by atoms with Crippen LogP contribution < -0.4 is 5.32 Å². The molecule has 0 saturated carbocycles.